The molecule has 0 fully saturated rings. The smallest absolute Gasteiger partial charge is 0.126 e. The summed E-state index contributed by atoms with van der Waals surface area (Å²) in [6.07, 6.45) is 1.27. The molecule has 3 nitrogen and oxygen atoms in total. The molecular formula is C12H13BrN2OS. The molecule has 90 valence electrons. The first-order valence-electron chi connectivity index (χ1n) is 5.23. The van der Waals surface area contributed by atoms with Gasteiger partial charge in [-0.05, 0) is 56.9 Å². The van der Waals surface area contributed by atoms with Gasteiger partial charge in [-0.25, -0.2) is 4.98 Å². The fraction of sp³-hybridized carbons (Fsp3) is 0.250. The SMILES string of the molecule is Cc1cc(NCC(O)c2ccsc2)ncc1Br. The summed E-state index contributed by atoms with van der Waals surface area (Å²) in [5.41, 5.74) is 2.06. The number of halogens is 1. The molecule has 1 atom stereocenters. The van der Waals surface area contributed by atoms with E-state index >= 15 is 0 Å². The molecule has 0 saturated carbocycles. The lowest BCUT2D eigenvalue weighted by molar-refractivity contribution is 0.192. The molecule has 2 heterocycles. The highest BCUT2D eigenvalue weighted by atomic mass is 79.9. The van der Waals surface area contributed by atoms with Crippen molar-refractivity contribution in [2.24, 2.45) is 0 Å². The Morgan fingerprint density at radius 3 is 3.06 bits per heavy atom. The number of nitrogens with one attached hydrogen (secondary N) is 1. The van der Waals surface area contributed by atoms with Gasteiger partial charge < -0.3 is 10.4 Å². The van der Waals surface area contributed by atoms with Crippen LogP contribution in [0, 0.1) is 6.92 Å². The first kappa shape index (κ1) is 12.5. The van der Waals surface area contributed by atoms with Crippen LogP contribution in [0.2, 0.25) is 0 Å². The van der Waals surface area contributed by atoms with Gasteiger partial charge in [-0.15, -0.1) is 0 Å². The molecule has 0 aliphatic carbocycles. The van der Waals surface area contributed by atoms with Gasteiger partial charge in [-0.3, -0.25) is 0 Å². The van der Waals surface area contributed by atoms with Crippen molar-refractivity contribution in [1.82, 2.24) is 4.98 Å². The molecule has 2 rings (SSSR count). The molecule has 2 aromatic heterocycles. The molecule has 0 spiro atoms. The van der Waals surface area contributed by atoms with Crippen molar-refractivity contribution in [1.29, 1.82) is 0 Å². The van der Waals surface area contributed by atoms with Gasteiger partial charge in [0.05, 0.1) is 6.10 Å². The van der Waals surface area contributed by atoms with Gasteiger partial charge in [-0.2, -0.15) is 11.3 Å². The maximum absolute atomic E-state index is 9.90. The molecule has 0 aliphatic rings. The monoisotopic (exact) mass is 312 g/mol. The molecule has 1 unspecified atom stereocenters. The number of rotatable bonds is 4. The summed E-state index contributed by atoms with van der Waals surface area (Å²) in [5.74, 6) is 0.778. The van der Waals surface area contributed by atoms with Crippen molar-refractivity contribution in [2.45, 2.75) is 13.0 Å². The summed E-state index contributed by atoms with van der Waals surface area (Å²) in [6, 6.07) is 3.88. The quantitative estimate of drug-likeness (QED) is 0.910. The van der Waals surface area contributed by atoms with Crippen LogP contribution in [0.5, 0.6) is 0 Å². The minimum absolute atomic E-state index is 0.463. The van der Waals surface area contributed by atoms with Crippen LogP contribution >= 0.6 is 27.3 Å². The molecule has 5 heteroatoms. The van der Waals surface area contributed by atoms with E-state index < -0.39 is 6.10 Å². The van der Waals surface area contributed by atoms with E-state index in [4.69, 9.17) is 0 Å². The Morgan fingerprint density at radius 1 is 1.59 bits per heavy atom. The number of aliphatic hydroxyl groups is 1. The van der Waals surface area contributed by atoms with Gasteiger partial charge in [0, 0.05) is 17.2 Å². The lowest BCUT2D eigenvalue weighted by Crippen LogP contribution is -2.12. The highest BCUT2D eigenvalue weighted by Crippen LogP contribution is 2.19. The van der Waals surface area contributed by atoms with Crippen LogP contribution < -0.4 is 5.32 Å². The second-order valence-electron chi connectivity index (χ2n) is 3.77. The number of hydrogen-bond donors (Lipinski definition) is 2. The number of hydrogen-bond acceptors (Lipinski definition) is 4. The van der Waals surface area contributed by atoms with Crippen molar-refractivity contribution >= 4 is 33.1 Å². The lowest BCUT2D eigenvalue weighted by atomic mass is 10.2. The molecule has 0 bridgehead atoms. The average molecular weight is 313 g/mol. The standard InChI is InChI=1S/C12H13BrN2OS/c1-8-4-12(14-5-10(8)13)15-6-11(16)9-2-3-17-7-9/h2-5,7,11,16H,6H2,1H3,(H,14,15). The molecular weight excluding hydrogens is 300 g/mol. The first-order valence-corrected chi connectivity index (χ1v) is 6.96. The topological polar surface area (TPSA) is 45.1 Å². The molecule has 0 aliphatic heterocycles. The van der Waals surface area contributed by atoms with E-state index in [1.165, 1.54) is 0 Å². The second kappa shape index (κ2) is 5.62. The Hall–Kier alpha value is -0.910. The van der Waals surface area contributed by atoms with E-state index in [2.05, 4.69) is 26.2 Å². The summed E-state index contributed by atoms with van der Waals surface area (Å²) in [5, 5.41) is 16.9. The maximum atomic E-state index is 9.90. The first-order chi connectivity index (χ1) is 8.16. The van der Waals surface area contributed by atoms with Crippen molar-refractivity contribution in [2.75, 3.05) is 11.9 Å². The van der Waals surface area contributed by atoms with E-state index in [-0.39, 0.29) is 0 Å². The third-order valence-electron chi connectivity index (χ3n) is 2.45. The number of pyridine rings is 1. The van der Waals surface area contributed by atoms with Crippen LogP contribution in [0.3, 0.4) is 0 Å². The number of nitrogens with zero attached hydrogens (tertiary/aromatic N) is 1. The molecule has 0 saturated heterocycles. The van der Waals surface area contributed by atoms with Gasteiger partial charge in [0.1, 0.15) is 5.82 Å². The van der Waals surface area contributed by atoms with Crippen LogP contribution in [0.15, 0.2) is 33.6 Å². The summed E-state index contributed by atoms with van der Waals surface area (Å²) in [6.45, 7) is 2.47. The van der Waals surface area contributed by atoms with Crippen molar-refractivity contribution in [3.63, 3.8) is 0 Å². The molecule has 17 heavy (non-hydrogen) atoms. The summed E-state index contributed by atoms with van der Waals surface area (Å²) in [7, 11) is 0. The minimum atomic E-state index is -0.494. The van der Waals surface area contributed by atoms with E-state index in [1.54, 1.807) is 17.5 Å². The Balaban J connectivity index is 1.96. The number of thiophene rings is 1. The van der Waals surface area contributed by atoms with Crippen LogP contribution in [0.1, 0.15) is 17.2 Å². The molecule has 0 radical (unpaired) electrons. The van der Waals surface area contributed by atoms with Gasteiger partial charge in [0.25, 0.3) is 0 Å². The van der Waals surface area contributed by atoms with Crippen LogP contribution in [0.4, 0.5) is 5.82 Å². The van der Waals surface area contributed by atoms with Crippen molar-refractivity contribution in [3.8, 4) is 0 Å². The van der Waals surface area contributed by atoms with Crippen LogP contribution in [-0.4, -0.2) is 16.6 Å². The Morgan fingerprint density at radius 2 is 2.41 bits per heavy atom. The highest BCUT2D eigenvalue weighted by Gasteiger charge is 2.07. The summed E-state index contributed by atoms with van der Waals surface area (Å²) in [4.78, 5) is 4.23. The van der Waals surface area contributed by atoms with E-state index in [9.17, 15) is 5.11 Å². The summed E-state index contributed by atoms with van der Waals surface area (Å²) < 4.78 is 0.987. The highest BCUT2D eigenvalue weighted by molar-refractivity contribution is 9.10. The van der Waals surface area contributed by atoms with E-state index in [0.717, 1.165) is 21.4 Å². The zero-order valence-electron chi connectivity index (χ0n) is 9.35. The summed E-state index contributed by atoms with van der Waals surface area (Å²) >= 11 is 4.99. The molecule has 0 amide bonds. The maximum Gasteiger partial charge on any atom is 0.126 e. The fourth-order valence-electron chi connectivity index (χ4n) is 1.42. The van der Waals surface area contributed by atoms with Gasteiger partial charge in [0.15, 0.2) is 0 Å². The van der Waals surface area contributed by atoms with Gasteiger partial charge in [-0.1, -0.05) is 0 Å². The minimum Gasteiger partial charge on any atom is -0.387 e. The molecule has 0 aromatic carbocycles. The Labute approximate surface area is 113 Å². The van der Waals surface area contributed by atoms with Crippen LogP contribution in [-0.2, 0) is 0 Å². The van der Waals surface area contributed by atoms with Gasteiger partial charge in [0.2, 0.25) is 0 Å². The number of aryl methyl sites for hydroxylation is 1. The number of anilines is 1. The van der Waals surface area contributed by atoms with E-state index in [0.29, 0.717) is 6.54 Å². The number of aromatic nitrogens is 1. The Bertz CT molecular complexity index is 487. The zero-order chi connectivity index (χ0) is 12.3. The lowest BCUT2D eigenvalue weighted by Gasteiger charge is -2.11. The van der Waals surface area contributed by atoms with Crippen molar-refractivity contribution in [3.05, 3.63) is 44.7 Å². The van der Waals surface area contributed by atoms with Crippen LogP contribution in [0.25, 0.3) is 0 Å². The molecule has 2 aromatic rings. The normalized spacial score (nSPS) is 12.4. The number of aliphatic hydroxyl groups excluding tert-OH is 1. The third-order valence-corrected chi connectivity index (χ3v) is 3.98. The Kier molecular flexibility index (Phi) is 4.15. The fourth-order valence-corrected chi connectivity index (χ4v) is 2.34. The predicted molar refractivity (Wildman–Crippen MR) is 74.4 cm³/mol. The van der Waals surface area contributed by atoms with Gasteiger partial charge >= 0.3 is 0 Å². The second-order valence-corrected chi connectivity index (χ2v) is 5.41. The largest absolute Gasteiger partial charge is 0.387 e. The third kappa shape index (κ3) is 3.28. The average Bonchev–Trinajstić information content (AvgIpc) is 2.84. The zero-order valence-corrected chi connectivity index (χ0v) is 11.8. The predicted octanol–water partition coefficient (Wildman–Crippen LogP) is 3.36. The van der Waals surface area contributed by atoms with E-state index in [1.807, 2.05) is 29.8 Å². The molecule has 2 N–H and O–H groups in total. The van der Waals surface area contributed by atoms with Crippen molar-refractivity contribution < 1.29 is 5.11 Å².